The second kappa shape index (κ2) is 9.31. The van der Waals surface area contributed by atoms with Crippen molar-refractivity contribution >= 4 is 11.7 Å². The Labute approximate surface area is 176 Å². The van der Waals surface area contributed by atoms with Crippen molar-refractivity contribution in [1.82, 2.24) is 9.55 Å². The van der Waals surface area contributed by atoms with Gasteiger partial charge in [0.05, 0.1) is 27.9 Å². The molecule has 0 bridgehead atoms. The third-order valence-electron chi connectivity index (χ3n) is 4.79. The van der Waals surface area contributed by atoms with Crippen LogP contribution in [0.1, 0.15) is 16.6 Å². The number of amides is 1. The number of carbonyl (C=O) groups excluding carboxylic acids is 1. The number of rotatable bonds is 7. The Morgan fingerprint density at radius 1 is 1.16 bits per heavy atom. The molecule has 12 nitrogen and oxygen atoms in total. The van der Waals surface area contributed by atoms with Crippen LogP contribution in [0.5, 0.6) is 17.2 Å². The molecule has 4 N–H and O–H groups in total. The van der Waals surface area contributed by atoms with E-state index in [2.05, 4.69) is 10.3 Å². The smallest absolute Gasteiger partial charge is 0.351 e. The number of benzene rings is 1. The Balaban J connectivity index is 1.82. The van der Waals surface area contributed by atoms with Gasteiger partial charge in [-0.15, -0.1) is 0 Å². The third kappa shape index (κ3) is 4.32. The van der Waals surface area contributed by atoms with Gasteiger partial charge >= 0.3 is 5.69 Å². The zero-order valence-electron chi connectivity index (χ0n) is 17.0. The Morgan fingerprint density at radius 3 is 2.29 bits per heavy atom. The molecule has 0 spiro atoms. The molecule has 2 heterocycles. The number of anilines is 1. The Morgan fingerprint density at radius 2 is 1.81 bits per heavy atom. The zero-order valence-corrected chi connectivity index (χ0v) is 17.0. The van der Waals surface area contributed by atoms with Gasteiger partial charge in [0, 0.05) is 11.8 Å². The monoisotopic (exact) mass is 437 g/mol. The van der Waals surface area contributed by atoms with Crippen LogP contribution < -0.4 is 25.2 Å². The van der Waals surface area contributed by atoms with Gasteiger partial charge in [-0.1, -0.05) is 0 Å². The minimum Gasteiger partial charge on any atom is -0.493 e. The van der Waals surface area contributed by atoms with E-state index in [4.69, 9.17) is 18.9 Å². The van der Waals surface area contributed by atoms with Crippen LogP contribution in [-0.2, 0) is 4.74 Å². The van der Waals surface area contributed by atoms with E-state index >= 15 is 0 Å². The van der Waals surface area contributed by atoms with Gasteiger partial charge in [0.15, 0.2) is 17.7 Å². The molecule has 31 heavy (non-hydrogen) atoms. The summed E-state index contributed by atoms with van der Waals surface area (Å²) in [5, 5.41) is 31.6. The summed E-state index contributed by atoms with van der Waals surface area (Å²) in [6, 6.07) is 4.21. The van der Waals surface area contributed by atoms with E-state index in [1.807, 2.05) is 0 Å². The number of aliphatic hydroxyl groups excluding tert-OH is 3. The molecular weight excluding hydrogens is 414 g/mol. The predicted octanol–water partition coefficient (Wildman–Crippen LogP) is -0.867. The molecule has 12 heteroatoms. The van der Waals surface area contributed by atoms with Crippen molar-refractivity contribution < 1.29 is 39.1 Å². The second-order valence-electron chi connectivity index (χ2n) is 6.60. The molecule has 1 aromatic carbocycles. The molecule has 1 saturated heterocycles. The lowest BCUT2D eigenvalue weighted by molar-refractivity contribution is -0.0549. The topological polar surface area (TPSA) is 162 Å². The minimum atomic E-state index is -1.43. The van der Waals surface area contributed by atoms with Gasteiger partial charge < -0.3 is 39.6 Å². The summed E-state index contributed by atoms with van der Waals surface area (Å²) in [7, 11) is 4.27. The van der Waals surface area contributed by atoms with Crippen molar-refractivity contribution in [2.24, 2.45) is 0 Å². The summed E-state index contributed by atoms with van der Waals surface area (Å²) in [6.45, 7) is -0.528. The van der Waals surface area contributed by atoms with Crippen LogP contribution in [0.15, 0.2) is 29.2 Å². The molecule has 0 saturated carbocycles. The average molecular weight is 437 g/mol. The van der Waals surface area contributed by atoms with Crippen LogP contribution in [0.4, 0.5) is 5.82 Å². The Kier molecular flexibility index (Phi) is 6.75. The Hall–Kier alpha value is -3.19. The fourth-order valence-corrected chi connectivity index (χ4v) is 3.19. The molecular formula is C19H23N3O9. The second-order valence-corrected chi connectivity index (χ2v) is 6.60. The number of methoxy groups -OCH3 is 3. The quantitative estimate of drug-likeness (QED) is 0.428. The zero-order chi connectivity index (χ0) is 22.7. The number of hydrogen-bond acceptors (Lipinski definition) is 10. The maximum Gasteiger partial charge on any atom is 0.351 e. The lowest BCUT2D eigenvalue weighted by Gasteiger charge is -2.17. The van der Waals surface area contributed by atoms with Gasteiger partial charge in [-0.25, -0.2) is 4.79 Å². The largest absolute Gasteiger partial charge is 0.493 e. The summed E-state index contributed by atoms with van der Waals surface area (Å²) in [5.74, 6) is 0.240. The van der Waals surface area contributed by atoms with E-state index in [0.717, 1.165) is 4.57 Å². The number of hydrogen-bond donors (Lipinski definition) is 4. The van der Waals surface area contributed by atoms with Crippen molar-refractivity contribution in [3.8, 4) is 17.2 Å². The molecule has 4 atom stereocenters. The summed E-state index contributed by atoms with van der Waals surface area (Å²) < 4.78 is 21.9. The van der Waals surface area contributed by atoms with E-state index in [1.54, 1.807) is 0 Å². The number of aromatic nitrogens is 2. The maximum absolute atomic E-state index is 12.6. The van der Waals surface area contributed by atoms with Gasteiger partial charge in [0.25, 0.3) is 5.91 Å². The summed E-state index contributed by atoms with van der Waals surface area (Å²) >= 11 is 0. The number of ether oxygens (including phenoxy) is 4. The van der Waals surface area contributed by atoms with E-state index < -0.39 is 42.7 Å². The molecule has 3 rings (SSSR count). The molecule has 0 aliphatic carbocycles. The number of nitrogens with zero attached hydrogens (tertiary/aromatic N) is 2. The normalized spacial score (nSPS) is 22.8. The molecule has 1 aliphatic heterocycles. The van der Waals surface area contributed by atoms with Crippen molar-refractivity contribution in [1.29, 1.82) is 0 Å². The van der Waals surface area contributed by atoms with Crippen molar-refractivity contribution in [2.45, 2.75) is 24.5 Å². The molecule has 1 aromatic heterocycles. The highest BCUT2D eigenvalue weighted by atomic mass is 16.6. The van der Waals surface area contributed by atoms with Crippen LogP contribution in [0, 0.1) is 0 Å². The first-order chi connectivity index (χ1) is 14.8. The molecule has 1 fully saturated rings. The fourth-order valence-electron chi connectivity index (χ4n) is 3.19. The third-order valence-corrected chi connectivity index (χ3v) is 4.79. The molecule has 168 valence electrons. The number of aliphatic hydroxyl groups is 3. The van der Waals surface area contributed by atoms with Crippen molar-refractivity contribution in [3.05, 3.63) is 40.4 Å². The van der Waals surface area contributed by atoms with Gasteiger partial charge in [-0.2, -0.15) is 4.98 Å². The SMILES string of the molecule is COc1cc(C(=O)Nc2ccn([C@H]3O[C@@H](CO)[C@H](O)[C@@H]3O)c(=O)n2)cc(OC)c1OC. The number of nitrogens with one attached hydrogen (secondary N) is 1. The molecule has 1 aliphatic rings. The van der Waals surface area contributed by atoms with Gasteiger partial charge in [-0.3, -0.25) is 9.36 Å². The standard InChI is InChI=1S/C19H23N3O9/c1-28-10-6-9(7-11(29-2)16(10)30-3)17(26)20-13-4-5-22(19(27)21-13)18-15(25)14(24)12(8-23)31-18/h4-7,12,14-15,18,23-25H,8H2,1-3H3,(H,20,21,26,27)/t12-,14-,15-,18-/m0/s1. The molecule has 0 unspecified atom stereocenters. The van der Waals surface area contributed by atoms with Gasteiger partial charge in [0.1, 0.15) is 24.1 Å². The summed E-state index contributed by atoms with van der Waals surface area (Å²) in [4.78, 5) is 28.8. The first-order valence-corrected chi connectivity index (χ1v) is 9.17. The number of carbonyl (C=O) groups is 1. The highest BCUT2D eigenvalue weighted by molar-refractivity contribution is 6.04. The lowest BCUT2D eigenvalue weighted by Crippen LogP contribution is -2.36. The highest BCUT2D eigenvalue weighted by Crippen LogP contribution is 2.38. The highest BCUT2D eigenvalue weighted by Gasteiger charge is 2.43. The molecule has 0 radical (unpaired) electrons. The Bertz CT molecular complexity index is 984. The van der Waals surface area contributed by atoms with Crippen molar-refractivity contribution in [3.63, 3.8) is 0 Å². The van der Waals surface area contributed by atoms with Crippen LogP contribution in [0.3, 0.4) is 0 Å². The van der Waals surface area contributed by atoms with Crippen LogP contribution >= 0.6 is 0 Å². The first kappa shape index (κ1) is 22.5. The van der Waals surface area contributed by atoms with Crippen LogP contribution in [0.2, 0.25) is 0 Å². The van der Waals surface area contributed by atoms with E-state index in [-0.39, 0.29) is 22.9 Å². The van der Waals surface area contributed by atoms with E-state index in [0.29, 0.717) is 5.75 Å². The summed E-state index contributed by atoms with van der Waals surface area (Å²) in [5.41, 5.74) is -0.665. The van der Waals surface area contributed by atoms with Crippen molar-refractivity contribution in [2.75, 3.05) is 33.3 Å². The minimum absolute atomic E-state index is 0.0493. The summed E-state index contributed by atoms with van der Waals surface area (Å²) in [6.07, 6.45) is -3.81. The average Bonchev–Trinajstić information content (AvgIpc) is 3.06. The molecule has 1 amide bonds. The fraction of sp³-hybridized carbons (Fsp3) is 0.421. The molecule has 2 aromatic rings. The maximum atomic E-state index is 12.6. The van der Waals surface area contributed by atoms with Gasteiger partial charge in [-0.05, 0) is 18.2 Å². The predicted molar refractivity (Wildman–Crippen MR) is 106 cm³/mol. The van der Waals surface area contributed by atoms with Crippen LogP contribution in [0.25, 0.3) is 0 Å². The van der Waals surface area contributed by atoms with Crippen LogP contribution in [-0.4, -0.2) is 77.0 Å². The first-order valence-electron chi connectivity index (χ1n) is 9.17. The van der Waals surface area contributed by atoms with Gasteiger partial charge in [0.2, 0.25) is 5.75 Å². The van der Waals surface area contributed by atoms with E-state index in [9.17, 15) is 24.9 Å². The van der Waals surface area contributed by atoms with E-state index in [1.165, 1.54) is 45.7 Å². The lowest BCUT2D eigenvalue weighted by atomic mass is 10.1.